The Balaban J connectivity index is 1.88. The van der Waals surface area contributed by atoms with Crippen LogP contribution in [-0.4, -0.2) is 34.9 Å². The van der Waals surface area contributed by atoms with Gasteiger partial charge in [-0.1, -0.05) is 64.5 Å². The molecule has 1 N–H and O–H groups in total. The smallest absolute Gasteiger partial charge is 0.410 e. The van der Waals surface area contributed by atoms with E-state index < -0.39 is 36.9 Å². The molecule has 8 heteroatoms. The van der Waals surface area contributed by atoms with E-state index in [9.17, 15) is 23.1 Å². The highest BCUT2D eigenvalue weighted by Gasteiger charge is 2.57. The van der Waals surface area contributed by atoms with Crippen molar-refractivity contribution in [1.29, 1.82) is 0 Å². The Hall–Kier alpha value is -2.06. The first-order valence-electron chi connectivity index (χ1n) is 8.25. The first-order valence-corrected chi connectivity index (χ1v) is 9.05. The molecule has 3 rings (SSSR count). The molecular weight excluding hydrogens is 427 g/mol. The van der Waals surface area contributed by atoms with Crippen molar-refractivity contribution < 1.29 is 27.8 Å². The van der Waals surface area contributed by atoms with Crippen LogP contribution in [0.4, 0.5) is 18.0 Å². The molecule has 0 unspecified atom stereocenters. The van der Waals surface area contributed by atoms with Crippen LogP contribution in [0.15, 0.2) is 59.1 Å². The fraction of sp³-hybridized carbons (Fsp3) is 0.316. The number of ether oxygens (including phenoxy) is 1. The van der Waals surface area contributed by atoms with Crippen molar-refractivity contribution in [2.24, 2.45) is 5.92 Å². The second kappa shape index (κ2) is 7.90. The van der Waals surface area contributed by atoms with Crippen LogP contribution in [-0.2, 0) is 11.3 Å². The predicted octanol–water partition coefficient (Wildman–Crippen LogP) is 4.68. The van der Waals surface area contributed by atoms with E-state index in [2.05, 4.69) is 15.9 Å². The summed E-state index contributed by atoms with van der Waals surface area (Å²) in [5.41, 5.74) is 0.989. The van der Waals surface area contributed by atoms with E-state index in [1.165, 1.54) is 6.07 Å². The lowest BCUT2D eigenvalue weighted by atomic mass is 9.91. The summed E-state index contributed by atoms with van der Waals surface area (Å²) in [5, 5.41) is 10.1. The molecule has 1 heterocycles. The number of hydrogen-bond acceptors (Lipinski definition) is 3. The number of amides is 1. The van der Waals surface area contributed by atoms with Crippen LogP contribution in [0.5, 0.6) is 0 Å². The van der Waals surface area contributed by atoms with Crippen LogP contribution in [0.1, 0.15) is 17.2 Å². The van der Waals surface area contributed by atoms with Gasteiger partial charge in [-0.15, -0.1) is 0 Å². The zero-order chi connectivity index (χ0) is 19.6. The van der Waals surface area contributed by atoms with Crippen LogP contribution in [0.25, 0.3) is 0 Å². The maximum Gasteiger partial charge on any atom is 0.410 e. The van der Waals surface area contributed by atoms with E-state index in [0.717, 1.165) is 10.5 Å². The number of aliphatic hydroxyl groups excluding tert-OH is 1. The third kappa shape index (κ3) is 4.27. The molecule has 0 aliphatic carbocycles. The minimum Gasteiger partial charge on any atom is -0.445 e. The summed E-state index contributed by atoms with van der Waals surface area (Å²) in [7, 11) is 0. The van der Waals surface area contributed by atoms with Gasteiger partial charge in [0.15, 0.2) is 0 Å². The number of aliphatic hydroxyl groups is 1. The van der Waals surface area contributed by atoms with E-state index >= 15 is 0 Å². The zero-order valence-corrected chi connectivity index (χ0v) is 15.7. The van der Waals surface area contributed by atoms with Gasteiger partial charge in [0.2, 0.25) is 0 Å². The number of halogens is 4. The van der Waals surface area contributed by atoms with Crippen molar-refractivity contribution >= 4 is 22.0 Å². The largest absolute Gasteiger partial charge is 0.445 e. The number of hydrogen-bond donors (Lipinski definition) is 1. The van der Waals surface area contributed by atoms with Gasteiger partial charge >= 0.3 is 12.3 Å². The molecule has 1 aliphatic heterocycles. The van der Waals surface area contributed by atoms with Gasteiger partial charge in [0, 0.05) is 4.47 Å². The summed E-state index contributed by atoms with van der Waals surface area (Å²) in [6.45, 7) is -0.518. The molecule has 27 heavy (non-hydrogen) atoms. The quantitative estimate of drug-likeness (QED) is 0.748. The molecule has 1 fully saturated rings. The molecule has 0 saturated carbocycles. The number of rotatable bonds is 3. The molecule has 2 aromatic rings. The number of carbonyl (C=O) groups excluding carboxylic acids is 1. The Morgan fingerprint density at radius 3 is 2.41 bits per heavy atom. The SMILES string of the molecule is O=C(OCc1ccccc1)N1C[C@H](O)[C@H](C(F)(F)F)[C@@H]1c1ccccc1Br. The molecule has 2 aromatic carbocycles. The van der Waals surface area contributed by atoms with Gasteiger partial charge in [-0.25, -0.2) is 4.79 Å². The van der Waals surface area contributed by atoms with Gasteiger partial charge in [0.1, 0.15) is 12.5 Å². The number of alkyl halides is 3. The molecular formula is C19H17BrF3NO3. The minimum absolute atomic E-state index is 0.0639. The summed E-state index contributed by atoms with van der Waals surface area (Å²) >= 11 is 3.25. The maximum absolute atomic E-state index is 13.6. The molecule has 144 valence electrons. The third-order valence-electron chi connectivity index (χ3n) is 4.52. The molecule has 1 amide bonds. The van der Waals surface area contributed by atoms with E-state index in [1.807, 2.05) is 0 Å². The standard InChI is InChI=1S/C19H17BrF3NO3/c20-14-9-5-4-8-13(14)17-16(19(21,22)23)15(25)10-24(17)18(26)27-11-12-6-2-1-3-7-12/h1-9,15-17,25H,10-11H2/t15-,16-,17-/m0/s1. The molecule has 0 spiro atoms. The molecule has 1 saturated heterocycles. The Labute approximate surface area is 162 Å². The second-order valence-electron chi connectivity index (χ2n) is 6.29. The summed E-state index contributed by atoms with van der Waals surface area (Å²) in [6.07, 6.45) is -7.30. The first-order chi connectivity index (χ1) is 12.8. The number of benzene rings is 2. The Morgan fingerprint density at radius 2 is 1.78 bits per heavy atom. The molecule has 0 radical (unpaired) electrons. The van der Waals surface area contributed by atoms with Crippen LogP contribution in [0.3, 0.4) is 0 Å². The van der Waals surface area contributed by atoms with Gasteiger partial charge in [0.25, 0.3) is 0 Å². The topological polar surface area (TPSA) is 49.8 Å². The summed E-state index contributed by atoms with van der Waals surface area (Å²) in [6, 6.07) is 13.8. The van der Waals surface area contributed by atoms with Crippen molar-refractivity contribution in [2.45, 2.75) is 24.9 Å². The predicted molar refractivity (Wildman–Crippen MR) is 95.8 cm³/mol. The van der Waals surface area contributed by atoms with E-state index in [4.69, 9.17) is 4.74 Å². The summed E-state index contributed by atoms with van der Waals surface area (Å²) < 4.78 is 46.5. The highest BCUT2D eigenvalue weighted by molar-refractivity contribution is 9.10. The van der Waals surface area contributed by atoms with Crippen molar-refractivity contribution in [3.63, 3.8) is 0 Å². The van der Waals surface area contributed by atoms with Crippen molar-refractivity contribution in [3.8, 4) is 0 Å². The number of nitrogens with zero attached hydrogens (tertiary/aromatic N) is 1. The molecule has 0 aromatic heterocycles. The second-order valence-corrected chi connectivity index (χ2v) is 7.15. The highest BCUT2D eigenvalue weighted by atomic mass is 79.9. The van der Waals surface area contributed by atoms with Crippen LogP contribution in [0, 0.1) is 5.92 Å². The van der Waals surface area contributed by atoms with Gasteiger partial charge in [0.05, 0.1) is 18.7 Å². The Kier molecular flexibility index (Phi) is 5.76. The number of carbonyl (C=O) groups is 1. The van der Waals surface area contributed by atoms with Gasteiger partial charge in [-0.05, 0) is 17.2 Å². The van der Waals surface area contributed by atoms with E-state index in [0.29, 0.717) is 4.47 Å². The Morgan fingerprint density at radius 1 is 1.15 bits per heavy atom. The normalized spacial score (nSPS) is 22.7. The summed E-state index contributed by atoms with van der Waals surface area (Å²) in [4.78, 5) is 13.5. The van der Waals surface area contributed by atoms with Gasteiger partial charge in [-0.3, -0.25) is 4.90 Å². The molecule has 3 atom stereocenters. The lowest BCUT2D eigenvalue weighted by Gasteiger charge is -2.29. The molecule has 0 bridgehead atoms. The third-order valence-corrected chi connectivity index (χ3v) is 5.24. The average Bonchev–Trinajstić information content (AvgIpc) is 2.98. The highest BCUT2D eigenvalue weighted by Crippen LogP contribution is 2.48. The van der Waals surface area contributed by atoms with Crippen molar-refractivity contribution in [1.82, 2.24) is 4.90 Å². The van der Waals surface area contributed by atoms with E-state index in [1.54, 1.807) is 48.5 Å². The maximum atomic E-state index is 13.6. The number of β-amino-alcohol motifs (C(OH)–C–C–N with tert-alkyl or cyclic N) is 1. The molecule has 1 aliphatic rings. The first kappa shape index (κ1) is 19.7. The van der Waals surface area contributed by atoms with Gasteiger partial charge in [-0.2, -0.15) is 13.2 Å². The fourth-order valence-corrected chi connectivity index (χ4v) is 3.82. The van der Waals surface area contributed by atoms with Crippen molar-refractivity contribution in [2.75, 3.05) is 6.54 Å². The van der Waals surface area contributed by atoms with Gasteiger partial charge < -0.3 is 9.84 Å². The lowest BCUT2D eigenvalue weighted by molar-refractivity contribution is -0.198. The van der Waals surface area contributed by atoms with E-state index in [-0.39, 0.29) is 12.2 Å². The lowest BCUT2D eigenvalue weighted by Crippen LogP contribution is -2.37. The minimum atomic E-state index is -4.67. The average molecular weight is 444 g/mol. The van der Waals surface area contributed by atoms with Crippen LogP contribution in [0.2, 0.25) is 0 Å². The Bertz CT molecular complexity index is 800. The monoisotopic (exact) mass is 443 g/mol. The van der Waals surface area contributed by atoms with Crippen LogP contribution < -0.4 is 0 Å². The van der Waals surface area contributed by atoms with Crippen LogP contribution >= 0.6 is 15.9 Å². The summed E-state index contributed by atoms with van der Waals surface area (Å²) in [5.74, 6) is -2.10. The molecule has 4 nitrogen and oxygen atoms in total. The fourth-order valence-electron chi connectivity index (χ4n) is 3.30. The zero-order valence-electron chi connectivity index (χ0n) is 14.1. The number of likely N-dealkylation sites (tertiary alicyclic amines) is 1. The van der Waals surface area contributed by atoms with Crippen molar-refractivity contribution in [3.05, 3.63) is 70.2 Å².